The molecule has 0 aromatic heterocycles. The lowest BCUT2D eigenvalue weighted by molar-refractivity contribution is -0.135. The zero-order valence-corrected chi connectivity index (χ0v) is 9.61. The van der Waals surface area contributed by atoms with E-state index in [1.165, 1.54) is 0 Å². The zero-order chi connectivity index (χ0) is 11.3. The van der Waals surface area contributed by atoms with Crippen LogP contribution in [0.25, 0.3) is 0 Å². The van der Waals surface area contributed by atoms with Gasteiger partial charge in [0.15, 0.2) is 0 Å². The Labute approximate surface area is 91.2 Å². The van der Waals surface area contributed by atoms with Gasteiger partial charge < -0.3 is 14.7 Å². The quantitative estimate of drug-likeness (QED) is 0.737. The summed E-state index contributed by atoms with van der Waals surface area (Å²) in [5, 5.41) is 8.87. The van der Waals surface area contributed by atoms with Gasteiger partial charge in [0.05, 0.1) is 19.1 Å². The number of hydrogen-bond acceptors (Lipinski definition) is 3. The van der Waals surface area contributed by atoms with E-state index in [-0.39, 0.29) is 24.7 Å². The van der Waals surface area contributed by atoms with Gasteiger partial charge in [-0.05, 0) is 26.7 Å². The topological polar surface area (TPSA) is 49.8 Å². The summed E-state index contributed by atoms with van der Waals surface area (Å²) in [6.45, 7) is 5.14. The van der Waals surface area contributed by atoms with Crippen molar-refractivity contribution < 1.29 is 14.6 Å². The summed E-state index contributed by atoms with van der Waals surface area (Å²) in [6.07, 6.45) is 2.59. The van der Waals surface area contributed by atoms with Gasteiger partial charge >= 0.3 is 0 Å². The van der Waals surface area contributed by atoms with Gasteiger partial charge in [-0.1, -0.05) is 0 Å². The summed E-state index contributed by atoms with van der Waals surface area (Å²) >= 11 is 0. The minimum Gasteiger partial charge on any atom is -0.395 e. The maximum Gasteiger partial charge on any atom is 0.225 e. The van der Waals surface area contributed by atoms with Crippen LogP contribution in [-0.4, -0.2) is 47.8 Å². The fraction of sp³-hybridized carbons (Fsp3) is 0.909. The SMILES string of the molecule is CC(C)N(CCO)C(=O)CC1CCCO1. The molecule has 0 saturated carbocycles. The minimum absolute atomic E-state index is 0.0233. The van der Waals surface area contributed by atoms with Crippen molar-refractivity contribution in [3.05, 3.63) is 0 Å². The van der Waals surface area contributed by atoms with Crippen LogP contribution in [0.2, 0.25) is 0 Å². The number of aliphatic hydroxyl groups is 1. The molecule has 0 aromatic carbocycles. The highest BCUT2D eigenvalue weighted by Gasteiger charge is 2.23. The summed E-state index contributed by atoms with van der Waals surface area (Å²) in [5.74, 6) is 0.0888. The fourth-order valence-electron chi connectivity index (χ4n) is 1.90. The van der Waals surface area contributed by atoms with E-state index in [2.05, 4.69) is 0 Å². The van der Waals surface area contributed by atoms with Gasteiger partial charge in [-0.3, -0.25) is 4.79 Å². The largest absolute Gasteiger partial charge is 0.395 e. The number of rotatable bonds is 5. The molecule has 0 aromatic rings. The van der Waals surface area contributed by atoms with Crippen molar-refractivity contribution in [3.8, 4) is 0 Å². The second kappa shape index (κ2) is 6.08. The Balaban J connectivity index is 2.40. The highest BCUT2D eigenvalue weighted by Crippen LogP contribution is 2.17. The van der Waals surface area contributed by atoms with Gasteiger partial charge in [0.25, 0.3) is 0 Å². The van der Waals surface area contributed by atoms with Crippen LogP contribution in [0.1, 0.15) is 33.1 Å². The lowest BCUT2D eigenvalue weighted by Gasteiger charge is -2.27. The standard InChI is InChI=1S/C11H21NO3/c1-9(2)12(5-6-13)11(14)8-10-4-3-7-15-10/h9-10,13H,3-8H2,1-2H3. The molecule has 1 heterocycles. The first-order valence-corrected chi connectivity index (χ1v) is 5.67. The van der Waals surface area contributed by atoms with E-state index in [0.29, 0.717) is 13.0 Å². The molecule has 1 aliphatic rings. The van der Waals surface area contributed by atoms with Crippen molar-refractivity contribution in [1.82, 2.24) is 4.90 Å². The normalized spacial score (nSPS) is 20.9. The number of amides is 1. The fourth-order valence-corrected chi connectivity index (χ4v) is 1.90. The molecule has 0 bridgehead atoms. The van der Waals surface area contributed by atoms with Gasteiger partial charge in [-0.15, -0.1) is 0 Å². The second-order valence-corrected chi connectivity index (χ2v) is 4.24. The minimum atomic E-state index is 0.0233. The molecular weight excluding hydrogens is 194 g/mol. The molecule has 1 aliphatic heterocycles. The third-order valence-electron chi connectivity index (χ3n) is 2.71. The Hall–Kier alpha value is -0.610. The van der Waals surface area contributed by atoms with Gasteiger partial charge in [-0.25, -0.2) is 0 Å². The van der Waals surface area contributed by atoms with Gasteiger partial charge in [0, 0.05) is 19.2 Å². The maximum absolute atomic E-state index is 11.9. The Bertz CT molecular complexity index is 200. The van der Waals surface area contributed by atoms with E-state index in [0.717, 1.165) is 19.4 Å². The molecule has 1 fully saturated rings. The van der Waals surface area contributed by atoms with Gasteiger partial charge in [-0.2, -0.15) is 0 Å². The highest BCUT2D eigenvalue weighted by molar-refractivity contribution is 5.77. The van der Waals surface area contributed by atoms with Crippen LogP contribution in [0.15, 0.2) is 0 Å². The Kier molecular flexibility index (Phi) is 5.05. The van der Waals surface area contributed by atoms with E-state index in [4.69, 9.17) is 9.84 Å². The molecule has 1 rings (SSSR count). The molecule has 1 unspecified atom stereocenters. The number of ether oxygens (including phenoxy) is 1. The molecular formula is C11H21NO3. The van der Waals surface area contributed by atoms with Crippen molar-refractivity contribution in [1.29, 1.82) is 0 Å². The molecule has 1 saturated heterocycles. The molecule has 4 heteroatoms. The molecule has 0 radical (unpaired) electrons. The summed E-state index contributed by atoms with van der Waals surface area (Å²) in [5.41, 5.74) is 0. The van der Waals surface area contributed by atoms with E-state index >= 15 is 0 Å². The molecule has 15 heavy (non-hydrogen) atoms. The summed E-state index contributed by atoms with van der Waals surface area (Å²) < 4.78 is 5.42. The first-order valence-electron chi connectivity index (χ1n) is 5.67. The number of hydrogen-bond donors (Lipinski definition) is 1. The predicted molar refractivity (Wildman–Crippen MR) is 57.5 cm³/mol. The first-order chi connectivity index (χ1) is 7.15. The molecule has 0 spiro atoms. The number of carbonyl (C=O) groups excluding carboxylic acids is 1. The van der Waals surface area contributed by atoms with Crippen LogP contribution in [-0.2, 0) is 9.53 Å². The van der Waals surface area contributed by atoms with Crippen molar-refractivity contribution in [2.75, 3.05) is 19.8 Å². The van der Waals surface area contributed by atoms with Crippen molar-refractivity contribution in [3.63, 3.8) is 0 Å². The van der Waals surface area contributed by atoms with Crippen LogP contribution < -0.4 is 0 Å². The van der Waals surface area contributed by atoms with E-state index in [1.807, 2.05) is 13.8 Å². The number of carbonyl (C=O) groups is 1. The van der Waals surface area contributed by atoms with E-state index in [1.54, 1.807) is 4.90 Å². The maximum atomic E-state index is 11.9. The van der Waals surface area contributed by atoms with Crippen molar-refractivity contribution in [2.45, 2.75) is 45.3 Å². The molecule has 1 atom stereocenters. The van der Waals surface area contributed by atoms with Crippen LogP contribution in [0.3, 0.4) is 0 Å². The summed E-state index contributed by atoms with van der Waals surface area (Å²) in [7, 11) is 0. The lowest BCUT2D eigenvalue weighted by Crippen LogP contribution is -2.40. The lowest BCUT2D eigenvalue weighted by atomic mass is 10.1. The number of aliphatic hydroxyl groups excluding tert-OH is 1. The Morgan fingerprint density at radius 3 is 2.80 bits per heavy atom. The monoisotopic (exact) mass is 215 g/mol. The molecule has 1 N–H and O–H groups in total. The van der Waals surface area contributed by atoms with Crippen LogP contribution >= 0.6 is 0 Å². The van der Waals surface area contributed by atoms with Gasteiger partial charge in [0.1, 0.15) is 0 Å². The van der Waals surface area contributed by atoms with Crippen molar-refractivity contribution in [2.24, 2.45) is 0 Å². The smallest absolute Gasteiger partial charge is 0.225 e. The van der Waals surface area contributed by atoms with Crippen LogP contribution in [0.4, 0.5) is 0 Å². The first kappa shape index (κ1) is 12.5. The second-order valence-electron chi connectivity index (χ2n) is 4.24. The average molecular weight is 215 g/mol. The van der Waals surface area contributed by atoms with E-state index < -0.39 is 0 Å². The third-order valence-corrected chi connectivity index (χ3v) is 2.71. The summed E-state index contributed by atoms with van der Waals surface area (Å²) in [4.78, 5) is 13.6. The average Bonchev–Trinajstić information content (AvgIpc) is 2.65. The molecule has 1 amide bonds. The van der Waals surface area contributed by atoms with Crippen LogP contribution in [0, 0.1) is 0 Å². The van der Waals surface area contributed by atoms with Crippen LogP contribution in [0.5, 0.6) is 0 Å². The van der Waals surface area contributed by atoms with Crippen molar-refractivity contribution >= 4 is 5.91 Å². The highest BCUT2D eigenvalue weighted by atomic mass is 16.5. The predicted octanol–water partition coefficient (Wildman–Crippen LogP) is 0.785. The summed E-state index contributed by atoms with van der Waals surface area (Å²) in [6, 6.07) is 0.144. The van der Waals surface area contributed by atoms with Gasteiger partial charge in [0.2, 0.25) is 5.91 Å². The zero-order valence-electron chi connectivity index (χ0n) is 9.61. The molecule has 88 valence electrons. The third kappa shape index (κ3) is 3.80. The Morgan fingerprint density at radius 1 is 1.60 bits per heavy atom. The Morgan fingerprint density at radius 2 is 2.33 bits per heavy atom. The van der Waals surface area contributed by atoms with E-state index in [9.17, 15) is 4.79 Å². The molecule has 4 nitrogen and oxygen atoms in total. The molecule has 0 aliphatic carbocycles. The number of nitrogens with zero attached hydrogens (tertiary/aromatic N) is 1.